The molecule has 0 aliphatic heterocycles. The van der Waals surface area contributed by atoms with Crippen molar-refractivity contribution in [1.29, 1.82) is 5.41 Å². The van der Waals surface area contributed by atoms with Gasteiger partial charge in [0.2, 0.25) is 0 Å². The van der Waals surface area contributed by atoms with Crippen LogP contribution in [-0.4, -0.2) is 20.1 Å². The summed E-state index contributed by atoms with van der Waals surface area (Å²) in [6.45, 7) is 0. The van der Waals surface area contributed by atoms with Gasteiger partial charge in [0.25, 0.3) is 0 Å². The van der Waals surface area contributed by atoms with Crippen LogP contribution in [0.5, 0.6) is 0 Å². The van der Waals surface area contributed by atoms with E-state index in [1.807, 2.05) is 0 Å². The van der Waals surface area contributed by atoms with Crippen LogP contribution in [0.3, 0.4) is 0 Å². The Bertz CT molecular complexity index is 142. The van der Waals surface area contributed by atoms with Crippen LogP contribution in [0.2, 0.25) is 0 Å². The van der Waals surface area contributed by atoms with Crippen molar-refractivity contribution in [2.75, 3.05) is 0 Å². The molecule has 5 heteroatoms. The summed E-state index contributed by atoms with van der Waals surface area (Å²) in [5, 5.41) is 7.36. The van der Waals surface area contributed by atoms with E-state index in [4.69, 9.17) is 5.41 Å². The van der Waals surface area contributed by atoms with Crippen LogP contribution in [-0.2, 0) is 0 Å². The number of aromatic nitrogens is 3. The number of isothiocyanates is 1. The van der Waals surface area contributed by atoms with Gasteiger partial charge in [0.1, 0.15) is 19.0 Å². The van der Waals surface area contributed by atoms with Crippen molar-refractivity contribution in [1.82, 2.24) is 15.0 Å². The highest BCUT2D eigenvalue weighted by atomic mass is 32.1. The third-order valence-corrected chi connectivity index (χ3v) is 0.400. The molecular weight excluding hydrogens is 136 g/mol. The molecule has 0 spiro atoms. The first-order valence-electron chi connectivity index (χ1n) is 2.00. The third-order valence-electron chi connectivity index (χ3n) is 0.400. The van der Waals surface area contributed by atoms with Crippen molar-refractivity contribution >= 4 is 17.4 Å². The highest BCUT2D eigenvalue weighted by Crippen LogP contribution is 1.57. The van der Waals surface area contributed by atoms with Gasteiger partial charge in [-0.05, 0) is 12.2 Å². The van der Waals surface area contributed by atoms with Crippen molar-refractivity contribution in [3.8, 4) is 0 Å². The summed E-state index contributed by atoms with van der Waals surface area (Å²) in [5.74, 6) is 0. The van der Waals surface area contributed by atoms with E-state index in [0.29, 0.717) is 0 Å². The van der Waals surface area contributed by atoms with Crippen LogP contribution in [0.1, 0.15) is 0 Å². The number of thiocarbonyl (C=S) groups is 1. The molecule has 46 valence electrons. The Kier molecular flexibility index (Phi) is 5.91. The van der Waals surface area contributed by atoms with E-state index in [-0.39, 0.29) is 0 Å². The fraction of sp³-hybridized carbons (Fsp3) is 0. The van der Waals surface area contributed by atoms with Crippen LogP contribution in [0.15, 0.2) is 19.0 Å². The Hall–Kier alpha value is -1.19. The maximum absolute atomic E-state index is 5.77. The van der Waals surface area contributed by atoms with Crippen molar-refractivity contribution in [2.24, 2.45) is 0 Å². The minimum Gasteiger partial charge on any atom is -0.248 e. The Balaban J connectivity index is 0.000000187. The summed E-state index contributed by atoms with van der Waals surface area (Å²) in [6.07, 6.45) is 4.31. The molecule has 1 aromatic rings. The monoisotopic (exact) mass is 140 g/mol. The second-order valence-electron chi connectivity index (χ2n) is 0.896. The topological polar surface area (TPSA) is 62.5 Å². The van der Waals surface area contributed by atoms with E-state index in [2.05, 4.69) is 27.2 Å². The van der Waals surface area contributed by atoms with Gasteiger partial charge in [-0.3, -0.25) is 0 Å². The van der Waals surface area contributed by atoms with Crippen LogP contribution in [0, 0.1) is 5.41 Å². The number of hydrogen-bond acceptors (Lipinski definition) is 5. The molecule has 0 fully saturated rings. The minimum absolute atomic E-state index is 1.44. The van der Waals surface area contributed by atoms with Crippen LogP contribution >= 0.6 is 12.2 Å². The second-order valence-corrected chi connectivity index (χ2v) is 1.10. The summed E-state index contributed by atoms with van der Waals surface area (Å²) < 4.78 is 0. The maximum Gasteiger partial charge on any atom is 0.119 e. The van der Waals surface area contributed by atoms with Crippen molar-refractivity contribution in [3.63, 3.8) is 0 Å². The molecule has 0 radical (unpaired) electrons. The molecule has 4 nitrogen and oxygen atoms in total. The minimum atomic E-state index is 1.44. The smallest absolute Gasteiger partial charge is 0.119 e. The van der Waals surface area contributed by atoms with E-state index in [1.165, 1.54) is 19.0 Å². The van der Waals surface area contributed by atoms with Gasteiger partial charge >= 0.3 is 0 Å². The molecule has 1 N–H and O–H groups in total. The lowest BCUT2D eigenvalue weighted by Crippen LogP contribution is -1.73. The SMILES string of the molecule is N=C=S.c1ncncn1. The Morgan fingerprint density at radius 1 is 1.11 bits per heavy atom. The Morgan fingerprint density at radius 3 is 1.44 bits per heavy atom. The summed E-state index contributed by atoms with van der Waals surface area (Å²) in [7, 11) is 0. The molecule has 9 heavy (non-hydrogen) atoms. The molecule has 1 aromatic heterocycles. The van der Waals surface area contributed by atoms with Crippen molar-refractivity contribution in [3.05, 3.63) is 19.0 Å². The fourth-order valence-electron chi connectivity index (χ4n) is 0.205. The highest BCUT2D eigenvalue weighted by Gasteiger charge is 1.59. The molecule has 0 atom stereocenters. The maximum atomic E-state index is 5.77. The van der Waals surface area contributed by atoms with E-state index >= 15 is 0 Å². The third kappa shape index (κ3) is 6.81. The predicted molar refractivity (Wildman–Crippen MR) is 35.1 cm³/mol. The molecule has 1 rings (SSSR count). The summed E-state index contributed by atoms with van der Waals surface area (Å²) in [6, 6.07) is 0. The average molecular weight is 140 g/mol. The van der Waals surface area contributed by atoms with Gasteiger partial charge in [-0.25, -0.2) is 20.4 Å². The average Bonchev–Trinajstić information content (AvgIpc) is 1.93. The molecule has 1 heterocycles. The van der Waals surface area contributed by atoms with Crippen LogP contribution in [0.4, 0.5) is 0 Å². The predicted octanol–water partition coefficient (Wildman–Crippen LogP) is 0.540. The van der Waals surface area contributed by atoms with Gasteiger partial charge in [-0.2, -0.15) is 0 Å². The van der Waals surface area contributed by atoms with Gasteiger partial charge in [-0.15, -0.1) is 0 Å². The molecule has 0 saturated carbocycles. The standard InChI is InChI=1S/C3H3N3.CHNS/c1-4-2-6-3-5-1;2-1-3/h1-3H;2H. The van der Waals surface area contributed by atoms with E-state index in [9.17, 15) is 0 Å². The summed E-state index contributed by atoms with van der Waals surface area (Å²) in [4.78, 5) is 10.7. The largest absolute Gasteiger partial charge is 0.248 e. The quantitative estimate of drug-likeness (QED) is 0.422. The van der Waals surface area contributed by atoms with Crippen LogP contribution in [0.25, 0.3) is 0 Å². The lowest BCUT2D eigenvalue weighted by Gasteiger charge is -1.69. The lowest BCUT2D eigenvalue weighted by molar-refractivity contribution is 1.05. The van der Waals surface area contributed by atoms with Gasteiger partial charge in [-0.1, -0.05) is 0 Å². The zero-order chi connectivity index (χ0) is 6.95. The Labute approximate surface area is 57.5 Å². The molecule has 0 aromatic carbocycles. The zero-order valence-electron chi connectivity index (χ0n) is 4.48. The van der Waals surface area contributed by atoms with E-state index < -0.39 is 0 Å². The molecule has 0 unspecified atom stereocenters. The van der Waals surface area contributed by atoms with Crippen molar-refractivity contribution < 1.29 is 0 Å². The van der Waals surface area contributed by atoms with E-state index in [1.54, 1.807) is 5.16 Å². The zero-order valence-corrected chi connectivity index (χ0v) is 5.30. The van der Waals surface area contributed by atoms with Gasteiger partial charge in [0.15, 0.2) is 0 Å². The van der Waals surface area contributed by atoms with Gasteiger partial charge < -0.3 is 0 Å². The molecule has 0 aliphatic carbocycles. The highest BCUT2D eigenvalue weighted by molar-refractivity contribution is 7.78. The molecule has 0 saturated heterocycles. The fourth-order valence-corrected chi connectivity index (χ4v) is 0.205. The van der Waals surface area contributed by atoms with Crippen molar-refractivity contribution in [2.45, 2.75) is 0 Å². The second kappa shape index (κ2) is 6.81. The first kappa shape index (κ1) is 7.81. The van der Waals surface area contributed by atoms with Crippen LogP contribution < -0.4 is 0 Å². The number of nitrogens with zero attached hydrogens (tertiary/aromatic N) is 3. The molecule has 0 amide bonds. The van der Waals surface area contributed by atoms with E-state index in [0.717, 1.165) is 0 Å². The first-order chi connectivity index (χ1) is 4.41. The summed E-state index contributed by atoms with van der Waals surface area (Å²) in [5.41, 5.74) is 0. The molecule has 0 bridgehead atoms. The number of nitrogens with one attached hydrogen (secondary N) is 1. The lowest BCUT2D eigenvalue weighted by atomic mass is 11.1. The first-order valence-corrected chi connectivity index (χ1v) is 2.41. The number of hydrogen-bond donors (Lipinski definition) is 1. The molecule has 0 aliphatic rings. The van der Waals surface area contributed by atoms with Gasteiger partial charge in [0, 0.05) is 0 Å². The summed E-state index contributed by atoms with van der Waals surface area (Å²) >= 11 is 3.81. The van der Waals surface area contributed by atoms with Gasteiger partial charge in [0.05, 0.1) is 5.16 Å². The normalized spacial score (nSPS) is 6.22. The number of rotatable bonds is 0. The Morgan fingerprint density at radius 2 is 1.33 bits per heavy atom. The molecular formula is C4H4N4S.